The van der Waals surface area contributed by atoms with Gasteiger partial charge in [-0.3, -0.25) is 9.78 Å². The first kappa shape index (κ1) is 16.0. The van der Waals surface area contributed by atoms with Gasteiger partial charge in [-0.05, 0) is 31.5 Å². The van der Waals surface area contributed by atoms with Crippen LogP contribution in [-0.2, 0) is 0 Å². The van der Waals surface area contributed by atoms with Crippen molar-refractivity contribution >= 4 is 33.3 Å². The normalized spacial score (nSPS) is 15.0. The van der Waals surface area contributed by atoms with E-state index < -0.39 is 0 Å². The highest BCUT2D eigenvalue weighted by Crippen LogP contribution is 2.34. The Hall–Kier alpha value is -2.54. The molecule has 0 N–H and O–H groups in total. The van der Waals surface area contributed by atoms with Crippen LogP contribution >= 0.6 is 11.3 Å². The summed E-state index contributed by atoms with van der Waals surface area (Å²) in [6.07, 6.45) is 4.95. The van der Waals surface area contributed by atoms with E-state index in [-0.39, 0.29) is 5.91 Å². The van der Waals surface area contributed by atoms with E-state index in [4.69, 9.17) is 0 Å². The lowest BCUT2D eigenvalue weighted by Crippen LogP contribution is -2.49. The van der Waals surface area contributed by atoms with Gasteiger partial charge in [0, 0.05) is 43.4 Å². The lowest BCUT2D eigenvalue weighted by Gasteiger charge is -2.35. The van der Waals surface area contributed by atoms with Crippen molar-refractivity contribution < 1.29 is 4.79 Å². The molecular weight excluding hydrogens is 334 g/mol. The van der Waals surface area contributed by atoms with Gasteiger partial charge in [0.25, 0.3) is 5.91 Å². The third-order valence-electron chi connectivity index (χ3n) is 4.72. The molecule has 25 heavy (non-hydrogen) atoms. The van der Waals surface area contributed by atoms with Crippen molar-refractivity contribution in [3.63, 3.8) is 0 Å². The molecule has 0 aliphatic carbocycles. The molecule has 128 valence electrons. The first-order valence-corrected chi connectivity index (χ1v) is 9.12. The Morgan fingerprint density at radius 2 is 1.96 bits per heavy atom. The summed E-state index contributed by atoms with van der Waals surface area (Å²) in [5.41, 5.74) is 1.90. The van der Waals surface area contributed by atoms with Gasteiger partial charge >= 0.3 is 0 Å². The van der Waals surface area contributed by atoms with E-state index in [0.717, 1.165) is 29.1 Å². The Balaban J connectivity index is 1.54. The van der Waals surface area contributed by atoms with Gasteiger partial charge in [0.05, 0.1) is 10.9 Å². The molecule has 1 saturated heterocycles. The van der Waals surface area contributed by atoms with Gasteiger partial charge in [0.1, 0.15) is 17.0 Å². The lowest BCUT2D eigenvalue weighted by atomic mass is 10.2. The third-order valence-corrected chi connectivity index (χ3v) is 5.84. The second kappa shape index (κ2) is 6.40. The minimum absolute atomic E-state index is 0.0446. The highest BCUT2D eigenvalue weighted by molar-refractivity contribution is 7.18. The fraction of sp³-hybridized carbons (Fsp3) is 0.333. The number of piperazine rings is 1. The summed E-state index contributed by atoms with van der Waals surface area (Å²) < 4.78 is 0. The largest absolute Gasteiger partial charge is 0.352 e. The van der Waals surface area contributed by atoms with Crippen LogP contribution in [0.3, 0.4) is 0 Å². The van der Waals surface area contributed by atoms with Gasteiger partial charge in [-0.25, -0.2) is 9.97 Å². The molecule has 0 saturated carbocycles. The van der Waals surface area contributed by atoms with Crippen molar-refractivity contribution in [2.45, 2.75) is 13.8 Å². The van der Waals surface area contributed by atoms with Crippen LogP contribution in [0.4, 0.5) is 5.82 Å². The molecule has 7 heteroatoms. The number of aryl methyl sites for hydroxylation is 2. The number of pyridine rings is 1. The Morgan fingerprint density at radius 3 is 2.68 bits per heavy atom. The molecule has 1 aliphatic heterocycles. The zero-order valence-electron chi connectivity index (χ0n) is 14.3. The molecule has 0 unspecified atom stereocenters. The van der Waals surface area contributed by atoms with Gasteiger partial charge in [0.2, 0.25) is 0 Å². The first-order chi connectivity index (χ1) is 12.1. The quantitative estimate of drug-likeness (QED) is 0.709. The molecule has 1 aliphatic rings. The average Bonchev–Trinajstić information content (AvgIpc) is 2.96. The molecule has 1 amide bonds. The third kappa shape index (κ3) is 2.84. The average molecular weight is 353 g/mol. The van der Waals surface area contributed by atoms with Crippen LogP contribution in [0.25, 0.3) is 10.2 Å². The van der Waals surface area contributed by atoms with E-state index in [0.29, 0.717) is 18.7 Å². The zero-order valence-corrected chi connectivity index (χ0v) is 15.1. The summed E-state index contributed by atoms with van der Waals surface area (Å²) in [6, 6.07) is 3.61. The number of fused-ring (bicyclic) bond motifs is 1. The number of rotatable bonds is 2. The van der Waals surface area contributed by atoms with E-state index in [1.807, 2.05) is 11.0 Å². The molecule has 0 spiro atoms. The second-order valence-corrected chi connectivity index (χ2v) is 7.38. The van der Waals surface area contributed by atoms with Gasteiger partial charge in [-0.2, -0.15) is 0 Å². The van der Waals surface area contributed by atoms with E-state index in [1.54, 1.807) is 36.1 Å². The van der Waals surface area contributed by atoms with Gasteiger partial charge in [-0.15, -0.1) is 11.3 Å². The Morgan fingerprint density at radius 1 is 1.16 bits per heavy atom. The topological polar surface area (TPSA) is 62.2 Å². The smallest absolute Gasteiger partial charge is 0.255 e. The molecule has 0 radical (unpaired) electrons. The lowest BCUT2D eigenvalue weighted by molar-refractivity contribution is 0.0746. The predicted molar refractivity (Wildman–Crippen MR) is 99.2 cm³/mol. The number of thiophene rings is 1. The number of carbonyl (C=O) groups is 1. The monoisotopic (exact) mass is 353 g/mol. The highest BCUT2D eigenvalue weighted by atomic mass is 32.1. The number of amides is 1. The minimum atomic E-state index is 0.0446. The molecule has 3 aromatic heterocycles. The van der Waals surface area contributed by atoms with Crippen molar-refractivity contribution in [3.05, 3.63) is 46.9 Å². The molecular formula is C18H19N5OS. The Labute approximate surface area is 150 Å². The summed E-state index contributed by atoms with van der Waals surface area (Å²) in [6.45, 7) is 7.15. The number of nitrogens with zero attached hydrogens (tertiary/aromatic N) is 5. The molecule has 1 fully saturated rings. The summed E-state index contributed by atoms with van der Waals surface area (Å²) in [5, 5.41) is 1.15. The second-order valence-electron chi connectivity index (χ2n) is 6.18. The molecule has 0 atom stereocenters. The Bertz CT molecular complexity index is 916. The van der Waals surface area contributed by atoms with Crippen molar-refractivity contribution in [1.82, 2.24) is 19.9 Å². The highest BCUT2D eigenvalue weighted by Gasteiger charge is 2.25. The number of hydrogen-bond donors (Lipinski definition) is 0. The van der Waals surface area contributed by atoms with Crippen molar-refractivity contribution in [3.8, 4) is 0 Å². The Kier molecular flexibility index (Phi) is 4.09. The van der Waals surface area contributed by atoms with Gasteiger partial charge in [0.15, 0.2) is 0 Å². The number of anilines is 1. The van der Waals surface area contributed by atoms with Crippen LogP contribution in [0.15, 0.2) is 30.9 Å². The van der Waals surface area contributed by atoms with E-state index in [2.05, 4.69) is 33.7 Å². The molecule has 6 nitrogen and oxygen atoms in total. The van der Waals surface area contributed by atoms with Crippen molar-refractivity contribution in [2.24, 2.45) is 0 Å². The zero-order chi connectivity index (χ0) is 17.4. The van der Waals surface area contributed by atoms with Crippen LogP contribution in [0.1, 0.15) is 20.8 Å². The summed E-state index contributed by atoms with van der Waals surface area (Å²) >= 11 is 1.71. The predicted octanol–water partition coefficient (Wildman–Crippen LogP) is 2.67. The van der Waals surface area contributed by atoms with E-state index >= 15 is 0 Å². The van der Waals surface area contributed by atoms with Crippen LogP contribution in [0.2, 0.25) is 0 Å². The first-order valence-electron chi connectivity index (χ1n) is 8.30. The maximum atomic E-state index is 12.6. The fourth-order valence-corrected chi connectivity index (χ4v) is 4.19. The van der Waals surface area contributed by atoms with Crippen molar-refractivity contribution in [2.75, 3.05) is 31.1 Å². The van der Waals surface area contributed by atoms with Crippen LogP contribution in [-0.4, -0.2) is 51.9 Å². The summed E-state index contributed by atoms with van der Waals surface area (Å²) in [4.78, 5) is 32.0. The molecule has 4 heterocycles. The van der Waals surface area contributed by atoms with Crippen LogP contribution in [0, 0.1) is 13.8 Å². The molecule has 0 aromatic carbocycles. The van der Waals surface area contributed by atoms with Crippen molar-refractivity contribution in [1.29, 1.82) is 0 Å². The maximum Gasteiger partial charge on any atom is 0.255 e. The number of hydrogen-bond acceptors (Lipinski definition) is 6. The molecule has 4 rings (SSSR count). The fourth-order valence-electron chi connectivity index (χ4n) is 3.20. The molecule has 3 aromatic rings. The van der Waals surface area contributed by atoms with Gasteiger partial charge < -0.3 is 9.80 Å². The standard InChI is InChI=1S/C18H19N5OS/c1-12-13(2)25-17-15(12)16(20-11-21-17)22-6-8-23(9-7-22)18(24)14-4-3-5-19-10-14/h3-5,10-11H,6-9H2,1-2H3. The molecule has 0 bridgehead atoms. The van der Waals surface area contributed by atoms with E-state index in [1.165, 1.54) is 10.4 Å². The summed E-state index contributed by atoms with van der Waals surface area (Å²) in [5.74, 6) is 1.03. The minimum Gasteiger partial charge on any atom is -0.352 e. The van der Waals surface area contributed by atoms with Gasteiger partial charge in [-0.1, -0.05) is 0 Å². The number of carbonyl (C=O) groups excluding carboxylic acids is 1. The van der Waals surface area contributed by atoms with Crippen LogP contribution in [0.5, 0.6) is 0 Å². The van der Waals surface area contributed by atoms with E-state index in [9.17, 15) is 4.79 Å². The summed E-state index contributed by atoms with van der Waals surface area (Å²) in [7, 11) is 0. The number of aromatic nitrogens is 3. The van der Waals surface area contributed by atoms with Crippen LogP contribution < -0.4 is 4.90 Å². The SMILES string of the molecule is Cc1sc2ncnc(N3CCN(C(=O)c4cccnc4)CC3)c2c1C. The maximum absolute atomic E-state index is 12.6.